The fourth-order valence-corrected chi connectivity index (χ4v) is 9.83. The van der Waals surface area contributed by atoms with Gasteiger partial charge < -0.3 is 5.32 Å². The summed E-state index contributed by atoms with van der Waals surface area (Å²) in [5.74, 6) is 2.54. The molecule has 4 fully saturated rings. The summed E-state index contributed by atoms with van der Waals surface area (Å²) in [6, 6.07) is 10.2. The molecule has 0 bridgehead atoms. The zero-order valence-corrected chi connectivity index (χ0v) is 19.3. The van der Waals surface area contributed by atoms with E-state index in [-0.39, 0.29) is 16.4 Å². The predicted molar refractivity (Wildman–Crippen MR) is 125 cm³/mol. The number of carbonyl (C=O) groups is 2. The number of hydrogen-bond donors (Lipinski definition) is 1. The standard InChI is InChI=1S/C26H32N2O2S/c1-24-12-11-20-18(19(24)8-9-21(24)30)14-22-26(15-17(29)10-13-25(20,26)2)28-23(31-22)27-16-6-4-3-5-7-16/h3-7,18-20,22H,8-15H2,1-2H3,(H,27,28)/t18-,19-,20?,22-,24-,25+,26-/m0/s1. The largest absolute Gasteiger partial charge is 0.335 e. The van der Waals surface area contributed by atoms with Crippen molar-refractivity contribution in [2.24, 2.45) is 33.6 Å². The molecule has 31 heavy (non-hydrogen) atoms. The minimum Gasteiger partial charge on any atom is -0.335 e. The number of thioether (sulfide) groups is 1. The van der Waals surface area contributed by atoms with Gasteiger partial charge in [-0.1, -0.05) is 43.8 Å². The maximum atomic E-state index is 12.8. The molecule has 4 nitrogen and oxygen atoms in total. The zero-order valence-electron chi connectivity index (χ0n) is 18.5. The molecular weight excluding hydrogens is 404 g/mol. The molecule has 5 aliphatic rings. The topological polar surface area (TPSA) is 58.5 Å². The number of carbonyl (C=O) groups excluding carboxylic acids is 2. The van der Waals surface area contributed by atoms with Gasteiger partial charge in [-0.15, -0.1) is 0 Å². The Morgan fingerprint density at radius 3 is 2.65 bits per heavy atom. The zero-order chi connectivity index (χ0) is 21.4. The lowest BCUT2D eigenvalue weighted by atomic mass is 9.42. The maximum Gasteiger partial charge on any atom is 0.162 e. The summed E-state index contributed by atoms with van der Waals surface area (Å²) in [6.45, 7) is 4.69. The van der Waals surface area contributed by atoms with Crippen LogP contribution >= 0.6 is 11.8 Å². The minimum absolute atomic E-state index is 0.0363. The highest BCUT2D eigenvalue weighted by atomic mass is 32.2. The van der Waals surface area contributed by atoms with Crippen LogP contribution in [0.5, 0.6) is 0 Å². The Morgan fingerprint density at radius 2 is 1.84 bits per heavy atom. The third kappa shape index (κ3) is 2.65. The SMILES string of the molecule is C[C@]12CCC3[C@@H](C[C@@H]4SC(Nc5ccccc5)=N[C@@]45CC(=O)CC[C@]35C)[C@@H]1CCC2=O. The van der Waals surface area contributed by atoms with Crippen LogP contribution in [0.1, 0.15) is 65.2 Å². The lowest BCUT2D eigenvalue weighted by molar-refractivity contribution is -0.146. The molecule has 1 N–H and O–H groups in total. The molecule has 1 aliphatic heterocycles. The summed E-state index contributed by atoms with van der Waals surface area (Å²) < 4.78 is 0. The highest BCUT2D eigenvalue weighted by Crippen LogP contribution is 2.70. The second-order valence-electron chi connectivity index (χ2n) is 11.1. The van der Waals surface area contributed by atoms with Crippen LogP contribution in [0.15, 0.2) is 35.3 Å². The van der Waals surface area contributed by atoms with E-state index in [0.29, 0.717) is 47.4 Å². The lowest BCUT2D eigenvalue weighted by Crippen LogP contribution is -2.65. The van der Waals surface area contributed by atoms with Crippen molar-refractivity contribution in [2.45, 2.75) is 76.0 Å². The number of ketones is 2. The number of Topliss-reactive ketones (excluding diaryl/α,β-unsaturated/α-hetero) is 2. The fourth-order valence-electron chi connectivity index (χ4n) is 8.24. The van der Waals surface area contributed by atoms with Gasteiger partial charge in [-0.25, -0.2) is 0 Å². The normalized spacial score (nSPS) is 45.9. The highest BCUT2D eigenvalue weighted by molar-refractivity contribution is 8.15. The molecule has 4 saturated carbocycles. The first-order valence-electron chi connectivity index (χ1n) is 12.0. The first-order chi connectivity index (χ1) is 14.9. The molecule has 1 spiro atoms. The van der Waals surface area contributed by atoms with Crippen molar-refractivity contribution in [2.75, 3.05) is 5.32 Å². The number of fused-ring (bicyclic) bond motifs is 4. The molecule has 164 valence electrons. The van der Waals surface area contributed by atoms with E-state index < -0.39 is 0 Å². The molecule has 1 heterocycles. The van der Waals surface area contributed by atoms with E-state index in [2.05, 4.69) is 31.3 Å². The number of para-hydroxylation sites is 1. The Kier molecular flexibility index (Phi) is 4.32. The Balaban J connectivity index is 1.40. The molecule has 1 unspecified atom stereocenters. The van der Waals surface area contributed by atoms with Gasteiger partial charge in [-0.05, 0) is 67.4 Å². The van der Waals surface area contributed by atoms with Crippen molar-refractivity contribution in [3.05, 3.63) is 30.3 Å². The van der Waals surface area contributed by atoms with Crippen LogP contribution in [0.3, 0.4) is 0 Å². The molecule has 4 aliphatic carbocycles. The third-order valence-corrected chi connectivity index (χ3v) is 11.2. The second kappa shape index (κ2) is 6.69. The average molecular weight is 437 g/mol. The van der Waals surface area contributed by atoms with Crippen LogP contribution < -0.4 is 5.32 Å². The van der Waals surface area contributed by atoms with Crippen molar-refractivity contribution >= 4 is 34.2 Å². The molecule has 0 aromatic heterocycles. The van der Waals surface area contributed by atoms with E-state index in [1.165, 1.54) is 0 Å². The predicted octanol–water partition coefficient (Wildman–Crippen LogP) is 5.48. The molecule has 1 aromatic rings. The highest BCUT2D eigenvalue weighted by Gasteiger charge is 2.69. The molecule has 0 radical (unpaired) electrons. The van der Waals surface area contributed by atoms with E-state index in [0.717, 1.165) is 49.4 Å². The van der Waals surface area contributed by atoms with Crippen LogP contribution in [0.4, 0.5) is 5.69 Å². The Morgan fingerprint density at radius 1 is 1.03 bits per heavy atom. The third-order valence-electron chi connectivity index (χ3n) is 9.94. The molecular formula is C26H32N2O2S. The number of rotatable bonds is 1. The molecule has 1 aromatic carbocycles. The molecule has 7 atom stereocenters. The fraction of sp³-hybridized carbons (Fsp3) is 0.654. The maximum absolute atomic E-state index is 12.8. The van der Waals surface area contributed by atoms with E-state index >= 15 is 0 Å². The van der Waals surface area contributed by atoms with E-state index in [4.69, 9.17) is 4.99 Å². The molecule has 5 heteroatoms. The van der Waals surface area contributed by atoms with Crippen LogP contribution in [0.2, 0.25) is 0 Å². The summed E-state index contributed by atoms with van der Waals surface area (Å²) in [4.78, 5) is 30.9. The summed E-state index contributed by atoms with van der Waals surface area (Å²) in [5.41, 5.74) is 0.687. The minimum atomic E-state index is -0.290. The van der Waals surface area contributed by atoms with Gasteiger partial charge in [0, 0.05) is 35.6 Å². The van der Waals surface area contributed by atoms with Gasteiger partial charge in [-0.2, -0.15) is 0 Å². The first-order valence-corrected chi connectivity index (χ1v) is 12.9. The van der Waals surface area contributed by atoms with Gasteiger partial charge in [0.1, 0.15) is 11.6 Å². The van der Waals surface area contributed by atoms with Crippen molar-refractivity contribution in [3.63, 3.8) is 0 Å². The Bertz CT molecular complexity index is 977. The number of nitrogens with one attached hydrogen (secondary N) is 1. The summed E-state index contributed by atoms with van der Waals surface area (Å²) >= 11 is 1.86. The number of nitrogens with zero attached hydrogens (tertiary/aromatic N) is 1. The van der Waals surface area contributed by atoms with Crippen molar-refractivity contribution in [3.8, 4) is 0 Å². The lowest BCUT2D eigenvalue weighted by Gasteiger charge is -2.63. The van der Waals surface area contributed by atoms with Gasteiger partial charge >= 0.3 is 0 Å². The van der Waals surface area contributed by atoms with Crippen LogP contribution in [0, 0.1) is 28.6 Å². The van der Waals surface area contributed by atoms with Gasteiger partial charge in [0.25, 0.3) is 0 Å². The smallest absolute Gasteiger partial charge is 0.162 e. The van der Waals surface area contributed by atoms with Crippen LogP contribution in [-0.4, -0.2) is 27.5 Å². The first kappa shape index (κ1) is 20.0. The van der Waals surface area contributed by atoms with Gasteiger partial charge in [-0.3, -0.25) is 14.6 Å². The molecule has 0 amide bonds. The number of amidine groups is 1. The van der Waals surface area contributed by atoms with Crippen LogP contribution in [0.25, 0.3) is 0 Å². The summed E-state index contributed by atoms with van der Waals surface area (Å²) in [5, 5.41) is 4.85. The quantitative estimate of drug-likeness (QED) is 0.633. The number of anilines is 1. The Hall–Kier alpha value is -1.62. The van der Waals surface area contributed by atoms with E-state index in [9.17, 15) is 9.59 Å². The van der Waals surface area contributed by atoms with Gasteiger partial charge in [0.2, 0.25) is 0 Å². The number of aliphatic imine (C=N–C) groups is 1. The van der Waals surface area contributed by atoms with Crippen molar-refractivity contribution < 1.29 is 9.59 Å². The average Bonchev–Trinajstić information content (AvgIpc) is 3.24. The van der Waals surface area contributed by atoms with E-state index in [1.807, 2.05) is 30.0 Å². The Labute approximate surface area is 189 Å². The summed E-state index contributed by atoms with van der Waals surface area (Å²) in [6.07, 6.45) is 7.28. The van der Waals surface area contributed by atoms with Crippen molar-refractivity contribution in [1.82, 2.24) is 0 Å². The van der Waals surface area contributed by atoms with Gasteiger partial charge in [0.05, 0.1) is 5.54 Å². The number of benzene rings is 1. The second-order valence-corrected chi connectivity index (χ2v) is 12.3. The number of hydrogen-bond acceptors (Lipinski definition) is 5. The van der Waals surface area contributed by atoms with Gasteiger partial charge in [0.15, 0.2) is 5.17 Å². The summed E-state index contributed by atoms with van der Waals surface area (Å²) in [7, 11) is 0. The van der Waals surface area contributed by atoms with Crippen LogP contribution in [-0.2, 0) is 9.59 Å². The molecule has 0 saturated heterocycles. The van der Waals surface area contributed by atoms with E-state index in [1.54, 1.807) is 0 Å². The van der Waals surface area contributed by atoms with Crippen molar-refractivity contribution in [1.29, 1.82) is 0 Å². The monoisotopic (exact) mass is 436 g/mol. The molecule has 6 rings (SSSR count).